The summed E-state index contributed by atoms with van der Waals surface area (Å²) < 4.78 is 52.3. The Bertz CT molecular complexity index is 1880. The third-order valence-electron chi connectivity index (χ3n) is 8.79. The number of likely N-dealkylation sites (tertiary alicyclic amines) is 1. The van der Waals surface area contributed by atoms with Gasteiger partial charge in [-0.1, -0.05) is 37.3 Å². The summed E-state index contributed by atoms with van der Waals surface area (Å²) in [5.41, 5.74) is 0.000409. The maximum atomic E-state index is 15.5. The molecule has 10 nitrogen and oxygen atoms in total. The van der Waals surface area contributed by atoms with Gasteiger partial charge in [-0.2, -0.15) is 4.98 Å². The highest BCUT2D eigenvalue weighted by atomic mass is 19.2. The Balaban J connectivity index is 0.00000451. The Labute approximate surface area is 270 Å². The average Bonchev–Trinajstić information content (AvgIpc) is 3.44. The van der Waals surface area contributed by atoms with E-state index in [0.717, 1.165) is 5.56 Å². The number of nitrogens with one attached hydrogen (secondary N) is 1. The monoisotopic (exact) mass is 650 g/mol. The molecule has 2 fully saturated rings. The number of rotatable bonds is 8. The first kappa shape index (κ1) is 32.0. The van der Waals surface area contributed by atoms with Crippen molar-refractivity contribution in [2.45, 2.75) is 58.5 Å². The van der Waals surface area contributed by atoms with Crippen molar-refractivity contribution >= 4 is 34.7 Å². The molecule has 4 aromatic rings. The first-order valence-corrected chi connectivity index (χ1v) is 15.7. The van der Waals surface area contributed by atoms with Gasteiger partial charge in [0.15, 0.2) is 11.6 Å². The Kier molecular flexibility index (Phi) is 9.15. The van der Waals surface area contributed by atoms with Crippen molar-refractivity contribution in [1.82, 2.24) is 19.4 Å². The number of amides is 2. The van der Waals surface area contributed by atoms with Crippen LogP contribution in [-0.4, -0.2) is 63.3 Å². The number of aryl methyl sites for hydroxylation is 1. The summed E-state index contributed by atoms with van der Waals surface area (Å²) in [6, 6.07) is 12.7. The van der Waals surface area contributed by atoms with Gasteiger partial charge in [0.25, 0.3) is 5.56 Å². The average molecular weight is 651 g/mol. The van der Waals surface area contributed by atoms with Crippen molar-refractivity contribution in [3.05, 3.63) is 82.3 Å². The normalized spacial score (nSPS) is 19.8. The zero-order valence-electron chi connectivity index (χ0n) is 26.1. The molecule has 0 aliphatic carbocycles. The number of fused-ring (bicyclic) bond motifs is 1. The lowest BCUT2D eigenvalue weighted by atomic mass is 10.0. The molecule has 2 aliphatic heterocycles. The molecule has 248 valence electrons. The zero-order chi connectivity index (χ0) is 33.2. The molecular formula is C34H37F3N6O4. The zero-order valence-corrected chi connectivity index (χ0v) is 26.1. The number of nitrogens with zero attached hydrogens (tertiary/aromatic N) is 5. The fraction of sp³-hybridized carbons (Fsp3) is 0.382. The van der Waals surface area contributed by atoms with E-state index in [1.54, 1.807) is 6.92 Å². The number of alkyl halides is 1. The number of hydrogen-bond acceptors (Lipinski definition) is 7. The third-order valence-corrected chi connectivity index (χ3v) is 8.79. The van der Waals surface area contributed by atoms with Gasteiger partial charge in [0.1, 0.15) is 18.4 Å². The van der Waals surface area contributed by atoms with Crippen LogP contribution in [0.5, 0.6) is 0 Å². The van der Waals surface area contributed by atoms with E-state index in [2.05, 4.69) is 15.3 Å². The van der Waals surface area contributed by atoms with E-state index in [-0.39, 0.29) is 74.3 Å². The highest BCUT2D eigenvalue weighted by Gasteiger charge is 2.34. The molecule has 6 rings (SSSR count). The van der Waals surface area contributed by atoms with E-state index in [0.29, 0.717) is 24.8 Å². The Hall–Kier alpha value is -4.94. The molecule has 0 radical (unpaired) electrons. The number of ether oxygens (including phenoxy) is 1. The number of hydrogen-bond donors (Lipinski definition) is 1. The van der Waals surface area contributed by atoms with Crippen LogP contribution in [0.25, 0.3) is 22.2 Å². The molecule has 0 bridgehead atoms. The van der Waals surface area contributed by atoms with Gasteiger partial charge in [-0.25, -0.2) is 22.9 Å². The number of benzene rings is 2. The van der Waals surface area contributed by atoms with Gasteiger partial charge in [0, 0.05) is 56.6 Å². The second kappa shape index (κ2) is 13.4. The second-order valence-corrected chi connectivity index (χ2v) is 11.8. The lowest BCUT2D eigenvalue weighted by molar-refractivity contribution is -0.120. The van der Waals surface area contributed by atoms with Gasteiger partial charge in [-0.05, 0) is 43.5 Å². The van der Waals surface area contributed by atoms with E-state index < -0.39 is 35.5 Å². The first-order chi connectivity index (χ1) is 22.7. The van der Waals surface area contributed by atoms with E-state index in [4.69, 9.17) is 4.74 Å². The third kappa shape index (κ3) is 6.38. The number of pyridine rings is 1. The van der Waals surface area contributed by atoms with E-state index >= 15 is 8.78 Å². The SMILES string of the molecule is CCC1CCN(c2ccc(-c3cc4cnc(N[C@H]5C[C@H](F)CN(C(=O)OCc6ccccc6)C5)nc4n(CC)c3=O)c(F)c2F)C1=O.[HH]. The van der Waals surface area contributed by atoms with Crippen molar-refractivity contribution in [3.8, 4) is 11.1 Å². The largest absolute Gasteiger partial charge is 0.445 e. The molecule has 2 aromatic heterocycles. The number of carbonyl (C=O) groups is 2. The molecule has 47 heavy (non-hydrogen) atoms. The Morgan fingerprint density at radius 2 is 1.85 bits per heavy atom. The Morgan fingerprint density at radius 3 is 2.57 bits per heavy atom. The molecule has 0 spiro atoms. The molecule has 2 saturated heterocycles. The molecular weight excluding hydrogens is 613 g/mol. The molecule has 0 saturated carbocycles. The maximum absolute atomic E-state index is 15.5. The van der Waals surface area contributed by atoms with Crippen LogP contribution in [0.2, 0.25) is 0 Å². The van der Waals surface area contributed by atoms with Crippen molar-refractivity contribution in [3.63, 3.8) is 0 Å². The number of carbonyl (C=O) groups excluding carboxylic acids is 2. The number of aromatic nitrogens is 3. The first-order valence-electron chi connectivity index (χ1n) is 15.7. The molecule has 3 atom stereocenters. The van der Waals surface area contributed by atoms with Crippen LogP contribution in [0, 0.1) is 17.6 Å². The smallest absolute Gasteiger partial charge is 0.410 e. The quantitative estimate of drug-likeness (QED) is 0.252. The highest BCUT2D eigenvalue weighted by Crippen LogP contribution is 2.34. The van der Waals surface area contributed by atoms with Crippen molar-refractivity contribution in [2.75, 3.05) is 29.9 Å². The minimum Gasteiger partial charge on any atom is -0.445 e. The predicted molar refractivity (Wildman–Crippen MR) is 173 cm³/mol. The fourth-order valence-electron chi connectivity index (χ4n) is 6.31. The van der Waals surface area contributed by atoms with E-state index in [1.807, 2.05) is 37.3 Å². The highest BCUT2D eigenvalue weighted by molar-refractivity contribution is 5.97. The van der Waals surface area contributed by atoms with Crippen molar-refractivity contribution < 1.29 is 28.9 Å². The standard InChI is InChI=1S/C34H35F3N6O4.H2/c1-3-21-12-13-43(31(21)44)27-11-10-25(28(36)29(27)37)26-14-22-16-38-33(40-30(22)42(4-2)32(26)45)39-24-15-23(35)17-41(18-24)34(46)47-19-20-8-6-5-7-9-20;/h5-11,14,16,21,23-24H,3-4,12-13,15,17-19H2,1-2H3,(H,38,39,40);1H/t21?,23-,24-;/m0./s1. The summed E-state index contributed by atoms with van der Waals surface area (Å²) in [6.07, 6.45) is 0.785. The minimum atomic E-state index is -1.30. The van der Waals surface area contributed by atoms with Gasteiger partial charge in [-0.3, -0.25) is 14.2 Å². The molecule has 1 unspecified atom stereocenters. The summed E-state index contributed by atoms with van der Waals surface area (Å²) in [4.78, 5) is 50.4. The topological polar surface area (TPSA) is 110 Å². The van der Waals surface area contributed by atoms with Crippen LogP contribution in [0.3, 0.4) is 0 Å². The summed E-state index contributed by atoms with van der Waals surface area (Å²) in [5, 5.41) is 3.47. The van der Waals surface area contributed by atoms with E-state index in [1.165, 1.54) is 38.8 Å². The van der Waals surface area contributed by atoms with Crippen molar-refractivity contribution in [1.29, 1.82) is 0 Å². The van der Waals surface area contributed by atoms with Crippen molar-refractivity contribution in [2.24, 2.45) is 5.92 Å². The molecule has 2 aliphatic rings. The summed E-state index contributed by atoms with van der Waals surface area (Å²) in [6.45, 7) is 4.17. The molecule has 2 aromatic carbocycles. The molecule has 4 heterocycles. The summed E-state index contributed by atoms with van der Waals surface area (Å²) in [7, 11) is 0. The number of halogens is 3. The van der Waals surface area contributed by atoms with Crippen LogP contribution in [0.1, 0.15) is 40.1 Å². The lowest BCUT2D eigenvalue weighted by Gasteiger charge is -2.34. The molecule has 1 N–H and O–H groups in total. The molecule has 2 amide bonds. The van der Waals surface area contributed by atoms with Gasteiger partial charge >= 0.3 is 6.09 Å². The van der Waals surface area contributed by atoms with Gasteiger partial charge in [0.2, 0.25) is 11.9 Å². The summed E-state index contributed by atoms with van der Waals surface area (Å²) >= 11 is 0. The van der Waals surface area contributed by atoms with E-state index in [9.17, 15) is 18.8 Å². The minimum absolute atomic E-state index is 0. The molecule has 13 heteroatoms. The maximum Gasteiger partial charge on any atom is 0.410 e. The second-order valence-electron chi connectivity index (χ2n) is 11.8. The summed E-state index contributed by atoms with van der Waals surface area (Å²) in [5.74, 6) is -2.78. The predicted octanol–water partition coefficient (Wildman–Crippen LogP) is 5.93. The Morgan fingerprint density at radius 1 is 1.06 bits per heavy atom. The van der Waals surface area contributed by atoms with Gasteiger partial charge in [0.05, 0.1) is 17.8 Å². The van der Waals surface area contributed by atoms with Crippen LogP contribution in [0.15, 0.2) is 59.5 Å². The van der Waals surface area contributed by atoms with Crippen LogP contribution in [-0.2, 0) is 22.7 Å². The fourth-order valence-corrected chi connectivity index (χ4v) is 6.31. The van der Waals surface area contributed by atoms with Gasteiger partial charge < -0.3 is 19.9 Å². The van der Waals surface area contributed by atoms with Gasteiger partial charge in [-0.15, -0.1) is 0 Å². The number of piperidine rings is 1. The van der Waals surface area contributed by atoms with Crippen LogP contribution >= 0.6 is 0 Å². The van der Waals surface area contributed by atoms with Crippen LogP contribution in [0.4, 0.5) is 29.6 Å². The van der Waals surface area contributed by atoms with Crippen LogP contribution < -0.4 is 15.8 Å². The lowest BCUT2D eigenvalue weighted by Crippen LogP contribution is -2.50. The number of anilines is 2.